The minimum Gasteiger partial charge on any atom is -0.389 e. The van der Waals surface area contributed by atoms with Crippen LogP contribution in [0.25, 0.3) is 0 Å². The number of fused-ring (bicyclic) bond motifs is 1. The molecule has 1 N–H and O–H groups in total. The molecule has 2 saturated heterocycles. The Morgan fingerprint density at radius 1 is 1.47 bits per heavy atom. The summed E-state index contributed by atoms with van der Waals surface area (Å²) < 4.78 is 0. The first-order valence-electron chi connectivity index (χ1n) is 6.83. The minimum absolute atomic E-state index is 0.287. The lowest BCUT2D eigenvalue weighted by Gasteiger charge is -2.38. The molecule has 0 radical (unpaired) electrons. The molecule has 0 aliphatic carbocycles. The number of pyridine rings is 1. The summed E-state index contributed by atoms with van der Waals surface area (Å²) in [5, 5.41) is 9.63. The fraction of sp³-hybridized carbons (Fsp3) is 0.571. The van der Waals surface area contributed by atoms with Crippen molar-refractivity contribution in [3.8, 4) is 0 Å². The molecular formula is C14H19N3O2. The summed E-state index contributed by atoms with van der Waals surface area (Å²) in [5.41, 5.74) is 0.884. The Morgan fingerprint density at radius 2 is 2.32 bits per heavy atom. The lowest BCUT2D eigenvalue weighted by atomic mass is 10.1. The molecule has 0 bridgehead atoms. The van der Waals surface area contributed by atoms with Crippen LogP contribution in [-0.4, -0.2) is 46.6 Å². The predicted octanol–water partition coefficient (Wildman–Crippen LogP) is 0.946. The Bertz CT molecular complexity index is 489. The van der Waals surface area contributed by atoms with Crippen molar-refractivity contribution in [3.05, 3.63) is 23.9 Å². The van der Waals surface area contributed by atoms with Crippen molar-refractivity contribution < 1.29 is 9.90 Å². The summed E-state index contributed by atoms with van der Waals surface area (Å²) in [5.74, 6) is 1.19. The van der Waals surface area contributed by atoms with Crippen molar-refractivity contribution in [1.29, 1.82) is 0 Å². The van der Waals surface area contributed by atoms with Gasteiger partial charge in [-0.05, 0) is 31.0 Å². The number of piperazine rings is 1. The van der Waals surface area contributed by atoms with Crippen LogP contribution < -0.4 is 4.90 Å². The smallest absolute Gasteiger partial charge is 0.223 e. The molecule has 19 heavy (non-hydrogen) atoms. The third-order valence-corrected chi connectivity index (χ3v) is 4.07. The fourth-order valence-electron chi connectivity index (χ4n) is 2.94. The van der Waals surface area contributed by atoms with Gasteiger partial charge in [0.1, 0.15) is 5.82 Å². The zero-order valence-corrected chi connectivity index (χ0v) is 11.1. The molecule has 2 fully saturated rings. The van der Waals surface area contributed by atoms with E-state index in [0.717, 1.165) is 37.4 Å². The van der Waals surface area contributed by atoms with Gasteiger partial charge in [-0.15, -0.1) is 0 Å². The molecule has 0 saturated carbocycles. The van der Waals surface area contributed by atoms with Gasteiger partial charge in [-0.3, -0.25) is 4.79 Å². The molecule has 2 aliphatic heterocycles. The van der Waals surface area contributed by atoms with E-state index in [-0.39, 0.29) is 5.91 Å². The Labute approximate surface area is 112 Å². The monoisotopic (exact) mass is 261 g/mol. The SMILES string of the molecule is C[C@H](O)c1ccnc(N2CCN3C(=O)CCC3C2)c1. The number of aromatic nitrogens is 1. The molecule has 1 amide bonds. The highest BCUT2D eigenvalue weighted by molar-refractivity contribution is 5.79. The van der Waals surface area contributed by atoms with Gasteiger partial charge in [-0.1, -0.05) is 0 Å². The maximum atomic E-state index is 11.7. The number of aliphatic hydroxyl groups is 1. The Morgan fingerprint density at radius 3 is 3.11 bits per heavy atom. The van der Waals surface area contributed by atoms with Crippen molar-refractivity contribution in [2.75, 3.05) is 24.5 Å². The average molecular weight is 261 g/mol. The van der Waals surface area contributed by atoms with E-state index in [1.54, 1.807) is 13.1 Å². The van der Waals surface area contributed by atoms with Gasteiger partial charge in [0.05, 0.1) is 6.10 Å². The zero-order valence-electron chi connectivity index (χ0n) is 11.1. The normalized spacial score (nSPS) is 24.5. The fourth-order valence-corrected chi connectivity index (χ4v) is 2.94. The molecular weight excluding hydrogens is 242 g/mol. The van der Waals surface area contributed by atoms with Crippen LogP contribution in [0.3, 0.4) is 0 Å². The van der Waals surface area contributed by atoms with Gasteiger partial charge in [0.25, 0.3) is 0 Å². The third-order valence-electron chi connectivity index (χ3n) is 4.07. The van der Waals surface area contributed by atoms with E-state index in [1.165, 1.54) is 0 Å². The summed E-state index contributed by atoms with van der Waals surface area (Å²) in [4.78, 5) is 20.3. The molecule has 5 heteroatoms. The highest BCUT2D eigenvalue weighted by Crippen LogP contribution is 2.26. The number of hydrogen-bond acceptors (Lipinski definition) is 4. The number of nitrogens with zero attached hydrogens (tertiary/aromatic N) is 3. The van der Waals surface area contributed by atoms with Gasteiger partial charge < -0.3 is 14.9 Å². The van der Waals surface area contributed by atoms with Crippen LogP contribution >= 0.6 is 0 Å². The molecule has 2 atom stereocenters. The van der Waals surface area contributed by atoms with Crippen LogP contribution in [0.1, 0.15) is 31.4 Å². The summed E-state index contributed by atoms with van der Waals surface area (Å²) in [6.07, 6.45) is 2.89. The number of aliphatic hydroxyl groups excluding tert-OH is 1. The highest BCUT2D eigenvalue weighted by atomic mass is 16.3. The second kappa shape index (κ2) is 4.81. The van der Waals surface area contributed by atoms with Crippen LogP contribution in [0.5, 0.6) is 0 Å². The summed E-state index contributed by atoms with van der Waals surface area (Å²) in [6.45, 7) is 4.21. The average Bonchev–Trinajstić information content (AvgIpc) is 2.80. The van der Waals surface area contributed by atoms with Crippen LogP contribution in [0.2, 0.25) is 0 Å². The molecule has 102 valence electrons. The molecule has 1 unspecified atom stereocenters. The minimum atomic E-state index is -0.476. The van der Waals surface area contributed by atoms with E-state index in [9.17, 15) is 9.90 Å². The summed E-state index contributed by atoms with van der Waals surface area (Å²) in [7, 11) is 0. The van der Waals surface area contributed by atoms with Gasteiger partial charge in [-0.2, -0.15) is 0 Å². The maximum absolute atomic E-state index is 11.7. The second-order valence-corrected chi connectivity index (χ2v) is 5.35. The molecule has 2 aliphatic rings. The predicted molar refractivity (Wildman–Crippen MR) is 71.8 cm³/mol. The number of rotatable bonds is 2. The highest BCUT2D eigenvalue weighted by Gasteiger charge is 2.35. The first-order chi connectivity index (χ1) is 9.15. The quantitative estimate of drug-likeness (QED) is 0.861. The van der Waals surface area contributed by atoms with Crippen molar-refractivity contribution in [1.82, 2.24) is 9.88 Å². The molecule has 0 spiro atoms. The van der Waals surface area contributed by atoms with Crippen LogP contribution in [0, 0.1) is 0 Å². The number of carbonyl (C=O) groups is 1. The topological polar surface area (TPSA) is 56.7 Å². The Balaban J connectivity index is 1.77. The lowest BCUT2D eigenvalue weighted by Crippen LogP contribution is -2.51. The van der Waals surface area contributed by atoms with Crippen molar-refractivity contribution in [2.45, 2.75) is 31.9 Å². The molecule has 3 heterocycles. The van der Waals surface area contributed by atoms with Gasteiger partial charge >= 0.3 is 0 Å². The summed E-state index contributed by atoms with van der Waals surface area (Å²) in [6, 6.07) is 4.11. The van der Waals surface area contributed by atoms with Gasteiger partial charge in [0.15, 0.2) is 0 Å². The van der Waals surface area contributed by atoms with Crippen molar-refractivity contribution >= 4 is 11.7 Å². The Hall–Kier alpha value is -1.62. The second-order valence-electron chi connectivity index (χ2n) is 5.35. The summed E-state index contributed by atoms with van der Waals surface area (Å²) >= 11 is 0. The molecule has 1 aromatic heterocycles. The maximum Gasteiger partial charge on any atom is 0.223 e. The number of hydrogen-bond donors (Lipinski definition) is 1. The standard InChI is InChI=1S/C14H19N3O2/c1-10(18)11-4-5-15-13(8-11)16-6-7-17-12(9-16)2-3-14(17)19/h4-5,8,10,12,18H,2-3,6-7,9H2,1H3/t10-,12?/m0/s1. The van der Waals surface area contributed by atoms with Gasteiger partial charge in [0.2, 0.25) is 5.91 Å². The third kappa shape index (κ3) is 2.30. The number of carbonyl (C=O) groups excluding carboxylic acids is 1. The molecule has 0 aromatic carbocycles. The van der Waals surface area contributed by atoms with Gasteiger partial charge in [0, 0.05) is 38.3 Å². The van der Waals surface area contributed by atoms with E-state index in [2.05, 4.69) is 9.88 Å². The zero-order chi connectivity index (χ0) is 13.4. The van der Waals surface area contributed by atoms with E-state index < -0.39 is 6.10 Å². The molecule has 1 aromatic rings. The van der Waals surface area contributed by atoms with Crippen molar-refractivity contribution in [2.24, 2.45) is 0 Å². The molecule has 3 rings (SSSR count). The number of anilines is 1. The lowest BCUT2D eigenvalue weighted by molar-refractivity contribution is -0.129. The van der Waals surface area contributed by atoms with Crippen molar-refractivity contribution in [3.63, 3.8) is 0 Å². The van der Waals surface area contributed by atoms with Gasteiger partial charge in [-0.25, -0.2) is 4.98 Å². The molecule has 5 nitrogen and oxygen atoms in total. The first kappa shape index (κ1) is 12.4. The van der Waals surface area contributed by atoms with Crippen LogP contribution in [-0.2, 0) is 4.79 Å². The van der Waals surface area contributed by atoms with Crippen LogP contribution in [0.15, 0.2) is 18.3 Å². The van der Waals surface area contributed by atoms with E-state index in [4.69, 9.17) is 0 Å². The Kier molecular flexibility index (Phi) is 3.14. The van der Waals surface area contributed by atoms with E-state index >= 15 is 0 Å². The van der Waals surface area contributed by atoms with E-state index in [1.807, 2.05) is 17.0 Å². The van der Waals surface area contributed by atoms with Crippen LogP contribution in [0.4, 0.5) is 5.82 Å². The largest absolute Gasteiger partial charge is 0.389 e. The number of amides is 1. The first-order valence-corrected chi connectivity index (χ1v) is 6.83. The van der Waals surface area contributed by atoms with E-state index in [0.29, 0.717) is 12.5 Å².